The van der Waals surface area contributed by atoms with E-state index in [0.717, 1.165) is 0 Å². The molecule has 0 fully saturated rings. The molecule has 1 aromatic carbocycles. The molecule has 0 aliphatic rings. The van der Waals surface area contributed by atoms with Crippen LogP contribution in [-0.4, -0.2) is 12.0 Å². The molecule has 1 N–H and O–H groups in total. The fourth-order valence-corrected chi connectivity index (χ4v) is 1.49. The van der Waals surface area contributed by atoms with Crippen LogP contribution in [0.1, 0.15) is 24.4 Å². The highest BCUT2D eigenvalue weighted by molar-refractivity contribution is 5.57. The number of halogens is 1. The first kappa shape index (κ1) is 11.8. The van der Waals surface area contributed by atoms with Crippen molar-refractivity contribution in [3.05, 3.63) is 41.7 Å². The van der Waals surface area contributed by atoms with Crippen molar-refractivity contribution >= 4 is 0 Å². The highest BCUT2D eigenvalue weighted by Gasteiger charge is 2.12. The predicted octanol–water partition coefficient (Wildman–Crippen LogP) is 3.07. The summed E-state index contributed by atoms with van der Waals surface area (Å²) in [6.07, 6.45) is 1.62. The van der Waals surface area contributed by atoms with E-state index in [0.29, 0.717) is 22.8 Å². The zero-order chi connectivity index (χ0) is 12.4. The van der Waals surface area contributed by atoms with Gasteiger partial charge in [-0.3, -0.25) is 0 Å². The van der Waals surface area contributed by atoms with Gasteiger partial charge >= 0.3 is 0 Å². The van der Waals surface area contributed by atoms with Gasteiger partial charge in [0, 0.05) is 5.56 Å². The van der Waals surface area contributed by atoms with Crippen LogP contribution in [0.4, 0.5) is 4.39 Å². The minimum absolute atomic E-state index is 0.0408. The van der Waals surface area contributed by atoms with E-state index >= 15 is 0 Å². The summed E-state index contributed by atoms with van der Waals surface area (Å²) in [5.41, 5.74) is 1.33. The average molecular weight is 234 g/mol. The first-order valence-electron chi connectivity index (χ1n) is 5.51. The van der Waals surface area contributed by atoms with Crippen molar-refractivity contribution < 1.29 is 8.81 Å². The standard InChI is InChI=1S/C13H15FN2O/c1-8-4-5-10(6-11(8)14)12-7-16-13(17-12)9(2)15-3/h4-7,9,15H,1-3H3. The van der Waals surface area contributed by atoms with Gasteiger partial charge < -0.3 is 9.73 Å². The Morgan fingerprint density at radius 2 is 2.18 bits per heavy atom. The van der Waals surface area contributed by atoms with Crippen molar-refractivity contribution in [1.82, 2.24) is 10.3 Å². The number of hydrogen-bond donors (Lipinski definition) is 1. The van der Waals surface area contributed by atoms with Crippen LogP contribution in [0.2, 0.25) is 0 Å². The maximum atomic E-state index is 13.4. The Kier molecular flexibility index (Phi) is 3.24. The summed E-state index contributed by atoms with van der Waals surface area (Å²) in [6.45, 7) is 3.68. The van der Waals surface area contributed by atoms with E-state index in [1.165, 1.54) is 6.07 Å². The lowest BCUT2D eigenvalue weighted by molar-refractivity contribution is 0.441. The molecule has 0 spiro atoms. The molecule has 0 amide bonds. The maximum Gasteiger partial charge on any atom is 0.211 e. The smallest absolute Gasteiger partial charge is 0.211 e. The molecule has 1 atom stereocenters. The number of aryl methyl sites for hydroxylation is 1. The summed E-state index contributed by atoms with van der Waals surface area (Å²) < 4.78 is 19.0. The topological polar surface area (TPSA) is 38.1 Å². The largest absolute Gasteiger partial charge is 0.439 e. The molecule has 90 valence electrons. The summed E-state index contributed by atoms with van der Waals surface area (Å²) in [4.78, 5) is 4.16. The zero-order valence-corrected chi connectivity index (χ0v) is 10.1. The molecule has 0 aliphatic carbocycles. The van der Waals surface area contributed by atoms with Crippen LogP contribution in [0.15, 0.2) is 28.8 Å². The number of rotatable bonds is 3. The van der Waals surface area contributed by atoms with E-state index in [9.17, 15) is 4.39 Å². The molecule has 0 saturated carbocycles. The highest BCUT2D eigenvalue weighted by Crippen LogP contribution is 2.24. The summed E-state index contributed by atoms with van der Waals surface area (Å²) >= 11 is 0. The van der Waals surface area contributed by atoms with Gasteiger partial charge in [-0.05, 0) is 32.5 Å². The molecule has 1 heterocycles. The second-order valence-corrected chi connectivity index (χ2v) is 4.04. The molecular formula is C13H15FN2O. The van der Waals surface area contributed by atoms with Crippen molar-refractivity contribution in [3.63, 3.8) is 0 Å². The van der Waals surface area contributed by atoms with Crippen LogP contribution >= 0.6 is 0 Å². The fourth-order valence-electron chi connectivity index (χ4n) is 1.49. The molecule has 1 aromatic heterocycles. The van der Waals surface area contributed by atoms with E-state index in [4.69, 9.17) is 4.42 Å². The molecule has 0 saturated heterocycles. The SMILES string of the molecule is CNC(C)c1ncc(-c2ccc(C)c(F)c2)o1. The van der Waals surface area contributed by atoms with Crippen LogP contribution in [0, 0.1) is 12.7 Å². The maximum absolute atomic E-state index is 13.4. The first-order valence-corrected chi connectivity index (χ1v) is 5.51. The van der Waals surface area contributed by atoms with Gasteiger partial charge in [0.2, 0.25) is 5.89 Å². The lowest BCUT2D eigenvalue weighted by Crippen LogP contribution is -2.12. The van der Waals surface area contributed by atoms with E-state index in [1.807, 2.05) is 20.0 Å². The van der Waals surface area contributed by atoms with Gasteiger partial charge in [0.15, 0.2) is 5.76 Å². The molecule has 2 aromatic rings. The molecule has 1 unspecified atom stereocenters. The molecular weight excluding hydrogens is 219 g/mol. The Labute approximate surface area is 99.7 Å². The van der Waals surface area contributed by atoms with E-state index < -0.39 is 0 Å². The second kappa shape index (κ2) is 4.67. The number of nitrogens with one attached hydrogen (secondary N) is 1. The Morgan fingerprint density at radius 1 is 1.41 bits per heavy atom. The summed E-state index contributed by atoms with van der Waals surface area (Å²) in [5, 5.41) is 3.04. The summed E-state index contributed by atoms with van der Waals surface area (Å²) in [5.74, 6) is 0.951. The number of hydrogen-bond acceptors (Lipinski definition) is 3. The first-order chi connectivity index (χ1) is 8.11. The average Bonchev–Trinajstić information content (AvgIpc) is 2.81. The zero-order valence-electron chi connectivity index (χ0n) is 10.1. The quantitative estimate of drug-likeness (QED) is 0.886. The minimum atomic E-state index is -0.234. The van der Waals surface area contributed by atoms with Gasteiger partial charge in [-0.15, -0.1) is 0 Å². The van der Waals surface area contributed by atoms with Gasteiger partial charge in [0.05, 0.1) is 12.2 Å². The van der Waals surface area contributed by atoms with Crippen LogP contribution < -0.4 is 5.32 Å². The van der Waals surface area contributed by atoms with Crippen molar-refractivity contribution in [3.8, 4) is 11.3 Å². The molecule has 2 rings (SSSR count). The molecule has 4 heteroatoms. The van der Waals surface area contributed by atoms with Crippen molar-refractivity contribution in [2.24, 2.45) is 0 Å². The Hall–Kier alpha value is -1.68. The Morgan fingerprint density at radius 3 is 2.82 bits per heavy atom. The fraction of sp³-hybridized carbons (Fsp3) is 0.308. The molecule has 3 nitrogen and oxygen atoms in total. The van der Waals surface area contributed by atoms with Crippen LogP contribution in [0.25, 0.3) is 11.3 Å². The lowest BCUT2D eigenvalue weighted by atomic mass is 10.1. The third-order valence-corrected chi connectivity index (χ3v) is 2.78. The van der Waals surface area contributed by atoms with E-state index in [1.54, 1.807) is 19.2 Å². The van der Waals surface area contributed by atoms with Crippen molar-refractivity contribution in [2.45, 2.75) is 19.9 Å². The lowest BCUT2D eigenvalue weighted by Gasteiger charge is -2.04. The van der Waals surface area contributed by atoms with Crippen molar-refractivity contribution in [2.75, 3.05) is 7.05 Å². The Bertz CT molecular complexity index is 522. The van der Waals surface area contributed by atoms with Crippen LogP contribution in [-0.2, 0) is 0 Å². The van der Waals surface area contributed by atoms with E-state index in [2.05, 4.69) is 10.3 Å². The van der Waals surface area contributed by atoms with Crippen LogP contribution in [0.5, 0.6) is 0 Å². The number of nitrogens with zero attached hydrogens (tertiary/aromatic N) is 1. The monoisotopic (exact) mass is 234 g/mol. The van der Waals surface area contributed by atoms with Gasteiger partial charge in [0.1, 0.15) is 5.82 Å². The molecule has 17 heavy (non-hydrogen) atoms. The third kappa shape index (κ3) is 2.36. The van der Waals surface area contributed by atoms with Gasteiger partial charge in [-0.2, -0.15) is 0 Å². The second-order valence-electron chi connectivity index (χ2n) is 4.04. The normalized spacial score (nSPS) is 12.7. The molecule has 0 radical (unpaired) electrons. The van der Waals surface area contributed by atoms with Gasteiger partial charge in [0.25, 0.3) is 0 Å². The number of aromatic nitrogens is 1. The predicted molar refractivity (Wildman–Crippen MR) is 64.1 cm³/mol. The van der Waals surface area contributed by atoms with E-state index in [-0.39, 0.29) is 11.9 Å². The molecule has 0 bridgehead atoms. The van der Waals surface area contributed by atoms with Crippen LogP contribution in [0.3, 0.4) is 0 Å². The van der Waals surface area contributed by atoms with Gasteiger partial charge in [-0.1, -0.05) is 12.1 Å². The third-order valence-electron chi connectivity index (χ3n) is 2.78. The minimum Gasteiger partial charge on any atom is -0.439 e. The molecule has 0 aliphatic heterocycles. The summed E-state index contributed by atoms with van der Waals surface area (Å²) in [6, 6.07) is 5.06. The van der Waals surface area contributed by atoms with Gasteiger partial charge in [-0.25, -0.2) is 9.37 Å². The number of oxazole rings is 1. The number of benzene rings is 1. The van der Waals surface area contributed by atoms with Crippen molar-refractivity contribution in [1.29, 1.82) is 0 Å². The Balaban J connectivity index is 2.33. The summed E-state index contributed by atoms with van der Waals surface area (Å²) in [7, 11) is 1.83. The highest BCUT2D eigenvalue weighted by atomic mass is 19.1.